The number of aromatic nitrogens is 3. The molecule has 2 aromatic heterocycles. The Morgan fingerprint density at radius 2 is 2.00 bits per heavy atom. The second-order valence-electron chi connectivity index (χ2n) is 6.65. The van der Waals surface area contributed by atoms with Crippen LogP contribution in [0.2, 0.25) is 5.02 Å². The summed E-state index contributed by atoms with van der Waals surface area (Å²) in [7, 11) is 0. The number of halogens is 2. The lowest BCUT2D eigenvalue weighted by molar-refractivity contribution is -0.126. The highest BCUT2D eigenvalue weighted by molar-refractivity contribution is 9.10. The first kappa shape index (κ1) is 18.3. The quantitative estimate of drug-likeness (QED) is 0.644. The van der Waals surface area contributed by atoms with Crippen molar-refractivity contribution in [3.63, 3.8) is 0 Å². The highest BCUT2D eigenvalue weighted by atomic mass is 79.9. The number of hydrogen-bond acceptors (Lipinski definition) is 4. The molecule has 140 valence electrons. The molecular formula is C19H19BrClN5O. The van der Waals surface area contributed by atoms with Crippen molar-refractivity contribution in [1.29, 1.82) is 0 Å². The van der Waals surface area contributed by atoms with Gasteiger partial charge in [-0.25, -0.2) is 9.97 Å². The maximum Gasteiger partial charge on any atom is 0.227 e. The van der Waals surface area contributed by atoms with E-state index in [0.29, 0.717) is 18.1 Å². The number of anilines is 1. The molecule has 4 rings (SSSR count). The summed E-state index contributed by atoms with van der Waals surface area (Å²) in [5, 5.41) is 3.86. The molecule has 1 fully saturated rings. The summed E-state index contributed by atoms with van der Waals surface area (Å²) in [6, 6.07) is 11.5. The highest BCUT2D eigenvalue weighted by Gasteiger charge is 2.35. The van der Waals surface area contributed by atoms with Crippen molar-refractivity contribution in [3.05, 3.63) is 57.9 Å². The van der Waals surface area contributed by atoms with E-state index in [2.05, 4.69) is 43.0 Å². The van der Waals surface area contributed by atoms with Crippen molar-refractivity contribution in [3.8, 4) is 0 Å². The molecule has 1 aliphatic heterocycles. The number of rotatable bonds is 5. The first-order valence-electron chi connectivity index (χ1n) is 8.85. The fourth-order valence-corrected chi connectivity index (χ4v) is 3.93. The summed E-state index contributed by atoms with van der Waals surface area (Å²) in [6.45, 7) is 3.34. The summed E-state index contributed by atoms with van der Waals surface area (Å²) < 4.78 is 2.84. The van der Waals surface area contributed by atoms with Crippen LogP contribution in [0.3, 0.4) is 0 Å². The molecule has 1 N–H and O–H groups in total. The molecular weight excluding hydrogens is 430 g/mol. The Kier molecular flexibility index (Phi) is 5.06. The summed E-state index contributed by atoms with van der Waals surface area (Å²) >= 11 is 9.48. The molecule has 1 amide bonds. The molecule has 0 spiro atoms. The minimum atomic E-state index is -0.0503. The third-order valence-corrected chi connectivity index (χ3v) is 5.78. The maximum absolute atomic E-state index is 12.7. The predicted molar refractivity (Wildman–Crippen MR) is 109 cm³/mol. The average molecular weight is 449 g/mol. The van der Waals surface area contributed by atoms with Crippen LogP contribution in [0.25, 0.3) is 5.65 Å². The second-order valence-corrected chi connectivity index (χ2v) is 7.90. The van der Waals surface area contributed by atoms with Crippen LogP contribution in [0.5, 0.6) is 0 Å². The lowest BCUT2D eigenvalue weighted by Gasteiger charge is -2.39. The molecule has 27 heavy (non-hydrogen) atoms. The van der Waals surface area contributed by atoms with Gasteiger partial charge in [0, 0.05) is 18.1 Å². The average Bonchev–Trinajstić information content (AvgIpc) is 3.01. The number of fused-ring (bicyclic) bond motifs is 1. The van der Waals surface area contributed by atoms with Crippen molar-refractivity contribution >= 4 is 45.0 Å². The van der Waals surface area contributed by atoms with E-state index in [1.54, 1.807) is 6.33 Å². The Morgan fingerprint density at radius 1 is 1.26 bits per heavy atom. The fraction of sp³-hybridized carbons (Fsp3) is 0.316. The maximum atomic E-state index is 12.7. The number of nitrogens with zero attached hydrogens (tertiary/aromatic N) is 4. The van der Waals surface area contributed by atoms with E-state index in [1.165, 1.54) is 0 Å². The minimum absolute atomic E-state index is 0.00633. The molecule has 3 heterocycles. The first-order valence-corrected chi connectivity index (χ1v) is 10.0. The molecule has 0 aliphatic carbocycles. The summed E-state index contributed by atoms with van der Waals surface area (Å²) in [4.78, 5) is 23.4. The summed E-state index contributed by atoms with van der Waals surface area (Å²) in [5.41, 5.74) is 1.90. The standard InChI is InChI=1S/C19H19BrClN5O/c1-2-15(12-3-5-14(21)6-4-12)24-18(27)13-9-25(10-13)19-23-11-22-17-8-7-16(20)26(17)19/h3-8,11,13,15H,2,9-10H2,1H3,(H,24,27). The van der Waals surface area contributed by atoms with Crippen LogP contribution in [-0.4, -0.2) is 33.4 Å². The van der Waals surface area contributed by atoms with Gasteiger partial charge in [0.15, 0.2) is 0 Å². The van der Waals surface area contributed by atoms with Gasteiger partial charge in [0.05, 0.1) is 16.6 Å². The van der Waals surface area contributed by atoms with Gasteiger partial charge < -0.3 is 10.2 Å². The van der Waals surface area contributed by atoms with Gasteiger partial charge >= 0.3 is 0 Å². The van der Waals surface area contributed by atoms with Gasteiger partial charge in [-0.3, -0.25) is 9.20 Å². The van der Waals surface area contributed by atoms with Crippen LogP contribution >= 0.6 is 27.5 Å². The lowest BCUT2D eigenvalue weighted by Crippen LogP contribution is -2.55. The third kappa shape index (κ3) is 3.53. The Balaban J connectivity index is 1.42. The number of carbonyl (C=O) groups excluding carboxylic acids is 1. The van der Waals surface area contributed by atoms with Crippen molar-refractivity contribution in [1.82, 2.24) is 19.7 Å². The van der Waals surface area contributed by atoms with Crippen LogP contribution in [0.4, 0.5) is 5.95 Å². The Labute approximate surface area is 170 Å². The Bertz CT molecular complexity index is 968. The van der Waals surface area contributed by atoms with Gasteiger partial charge in [0.2, 0.25) is 11.9 Å². The number of nitrogens with one attached hydrogen (secondary N) is 1. The van der Waals surface area contributed by atoms with Gasteiger partial charge in [-0.2, -0.15) is 0 Å². The summed E-state index contributed by atoms with van der Waals surface area (Å²) in [6.07, 6.45) is 2.38. The minimum Gasteiger partial charge on any atom is -0.349 e. The Hall–Kier alpha value is -2.12. The van der Waals surface area contributed by atoms with Crippen molar-refractivity contribution in [2.24, 2.45) is 5.92 Å². The van der Waals surface area contributed by atoms with E-state index in [-0.39, 0.29) is 17.9 Å². The molecule has 1 aliphatic rings. The van der Waals surface area contributed by atoms with E-state index in [4.69, 9.17) is 11.6 Å². The van der Waals surface area contributed by atoms with Crippen LogP contribution in [-0.2, 0) is 4.79 Å². The fourth-order valence-electron chi connectivity index (χ4n) is 3.33. The molecule has 1 unspecified atom stereocenters. The highest BCUT2D eigenvalue weighted by Crippen LogP contribution is 2.27. The number of benzene rings is 1. The predicted octanol–water partition coefficient (Wildman–Crippen LogP) is 3.85. The zero-order valence-electron chi connectivity index (χ0n) is 14.8. The number of hydrogen-bond donors (Lipinski definition) is 1. The van der Waals surface area contributed by atoms with Crippen LogP contribution in [0.1, 0.15) is 24.9 Å². The van der Waals surface area contributed by atoms with E-state index in [9.17, 15) is 4.79 Å². The summed E-state index contributed by atoms with van der Waals surface area (Å²) in [5.74, 6) is 0.821. The van der Waals surface area contributed by atoms with Gasteiger partial charge in [-0.05, 0) is 52.2 Å². The Morgan fingerprint density at radius 3 is 2.70 bits per heavy atom. The number of carbonyl (C=O) groups is 1. The molecule has 1 aromatic carbocycles. The van der Waals surface area contributed by atoms with Gasteiger partial charge in [0.25, 0.3) is 0 Å². The smallest absolute Gasteiger partial charge is 0.227 e. The zero-order chi connectivity index (χ0) is 19.0. The molecule has 3 aromatic rings. The van der Waals surface area contributed by atoms with E-state index in [0.717, 1.165) is 28.2 Å². The van der Waals surface area contributed by atoms with Crippen molar-refractivity contribution < 1.29 is 4.79 Å². The largest absolute Gasteiger partial charge is 0.349 e. The van der Waals surface area contributed by atoms with Gasteiger partial charge in [-0.15, -0.1) is 0 Å². The molecule has 0 bridgehead atoms. The van der Waals surface area contributed by atoms with Gasteiger partial charge in [-0.1, -0.05) is 30.7 Å². The molecule has 1 saturated heterocycles. The molecule has 8 heteroatoms. The van der Waals surface area contributed by atoms with Crippen molar-refractivity contribution in [2.75, 3.05) is 18.0 Å². The van der Waals surface area contributed by atoms with E-state index >= 15 is 0 Å². The SMILES string of the molecule is CCC(NC(=O)C1CN(c2ncnc3ccc(Br)n23)C1)c1ccc(Cl)cc1. The molecule has 1 atom stereocenters. The molecule has 0 saturated carbocycles. The molecule has 6 nitrogen and oxygen atoms in total. The van der Waals surface area contributed by atoms with Crippen molar-refractivity contribution in [2.45, 2.75) is 19.4 Å². The van der Waals surface area contributed by atoms with E-state index in [1.807, 2.05) is 40.8 Å². The van der Waals surface area contributed by atoms with E-state index < -0.39 is 0 Å². The van der Waals surface area contributed by atoms with Crippen LogP contribution < -0.4 is 10.2 Å². The molecule has 0 radical (unpaired) electrons. The first-order chi connectivity index (χ1) is 13.1. The third-order valence-electron chi connectivity index (χ3n) is 4.91. The second kappa shape index (κ2) is 7.48. The topological polar surface area (TPSA) is 62.5 Å². The van der Waals surface area contributed by atoms with Crippen LogP contribution in [0.15, 0.2) is 47.3 Å². The lowest BCUT2D eigenvalue weighted by atomic mass is 9.97. The van der Waals surface area contributed by atoms with Gasteiger partial charge in [0.1, 0.15) is 12.0 Å². The zero-order valence-corrected chi connectivity index (χ0v) is 17.1. The normalized spacial score (nSPS) is 15.6. The monoisotopic (exact) mass is 447 g/mol. The number of amides is 1. The van der Waals surface area contributed by atoms with Crippen LogP contribution in [0, 0.1) is 5.92 Å².